The molecule has 0 bridgehead atoms. The van der Waals surface area contributed by atoms with Crippen LogP contribution in [0.4, 0.5) is 4.39 Å². The van der Waals surface area contributed by atoms with Crippen molar-refractivity contribution < 1.29 is 27.1 Å². The maximum Gasteiger partial charge on any atom is 0.324 e. The lowest BCUT2D eigenvalue weighted by Crippen LogP contribution is -2.40. The van der Waals surface area contributed by atoms with Crippen LogP contribution < -0.4 is 4.74 Å². The minimum absolute atomic E-state index is 0.0199. The van der Waals surface area contributed by atoms with E-state index in [9.17, 15) is 17.6 Å². The minimum Gasteiger partial charge on any atom is -0.486 e. The van der Waals surface area contributed by atoms with Gasteiger partial charge < -0.3 is 9.47 Å². The first kappa shape index (κ1) is 17.8. The number of hydrogen-bond donors (Lipinski definition) is 0. The molecule has 1 fully saturated rings. The summed E-state index contributed by atoms with van der Waals surface area (Å²) in [5.41, 5.74) is 0. The van der Waals surface area contributed by atoms with Crippen molar-refractivity contribution in [2.45, 2.75) is 22.8 Å². The van der Waals surface area contributed by atoms with E-state index in [4.69, 9.17) is 9.47 Å². The van der Waals surface area contributed by atoms with E-state index in [0.717, 1.165) is 15.6 Å². The number of sulfonamides is 1. The number of benzene rings is 1. The lowest BCUT2D eigenvalue weighted by Gasteiger charge is -2.20. The third-order valence-electron chi connectivity index (χ3n) is 3.88. The Morgan fingerprint density at radius 3 is 2.68 bits per heavy atom. The Labute approximate surface area is 148 Å². The smallest absolute Gasteiger partial charge is 0.324 e. The van der Waals surface area contributed by atoms with Crippen molar-refractivity contribution in [2.75, 3.05) is 13.7 Å². The van der Waals surface area contributed by atoms with Gasteiger partial charge in [0.2, 0.25) is 0 Å². The van der Waals surface area contributed by atoms with Crippen LogP contribution in [0.25, 0.3) is 0 Å². The first-order chi connectivity index (χ1) is 11.9. The Balaban J connectivity index is 1.87. The highest BCUT2D eigenvalue weighted by molar-refractivity contribution is 7.91. The van der Waals surface area contributed by atoms with Crippen molar-refractivity contribution in [1.29, 1.82) is 0 Å². The number of nitrogens with zero attached hydrogens (tertiary/aromatic N) is 1. The van der Waals surface area contributed by atoms with Crippen molar-refractivity contribution in [3.05, 3.63) is 47.6 Å². The zero-order valence-electron chi connectivity index (χ0n) is 13.3. The molecule has 1 aromatic carbocycles. The Morgan fingerprint density at radius 1 is 1.28 bits per heavy atom. The predicted molar refractivity (Wildman–Crippen MR) is 89.4 cm³/mol. The monoisotopic (exact) mass is 385 g/mol. The number of carbonyl (C=O) groups is 1. The molecular formula is C16H16FNO5S2. The molecule has 1 saturated heterocycles. The van der Waals surface area contributed by atoms with Gasteiger partial charge in [0.25, 0.3) is 10.0 Å². The summed E-state index contributed by atoms with van der Waals surface area (Å²) < 4.78 is 50.9. The summed E-state index contributed by atoms with van der Waals surface area (Å²) in [6.45, 7) is -0.0612. The molecule has 6 nitrogen and oxygen atoms in total. The van der Waals surface area contributed by atoms with Gasteiger partial charge in [0, 0.05) is 6.42 Å². The number of hydrogen-bond acceptors (Lipinski definition) is 6. The molecule has 0 amide bonds. The summed E-state index contributed by atoms with van der Waals surface area (Å²) in [5.74, 6) is -1.19. The average Bonchev–Trinajstić information content (AvgIpc) is 3.26. The average molecular weight is 385 g/mol. The normalized spacial score (nSPS) is 21.2. The fraction of sp³-hybridized carbons (Fsp3) is 0.312. The first-order valence-corrected chi connectivity index (χ1v) is 9.80. The molecule has 0 radical (unpaired) electrons. The van der Waals surface area contributed by atoms with Crippen LogP contribution in [0.15, 0.2) is 46.0 Å². The molecule has 134 valence electrons. The Bertz CT molecular complexity index is 853. The van der Waals surface area contributed by atoms with Crippen LogP contribution in [0.3, 0.4) is 0 Å². The molecule has 2 aromatic rings. The number of carbonyl (C=O) groups excluding carboxylic acids is 1. The fourth-order valence-corrected chi connectivity index (χ4v) is 5.46. The highest BCUT2D eigenvalue weighted by Crippen LogP contribution is 2.31. The van der Waals surface area contributed by atoms with Crippen LogP contribution in [0.2, 0.25) is 0 Å². The Hall–Kier alpha value is -1.97. The first-order valence-electron chi connectivity index (χ1n) is 7.48. The van der Waals surface area contributed by atoms with E-state index >= 15 is 0 Å². The van der Waals surface area contributed by atoms with Gasteiger partial charge in [-0.25, -0.2) is 12.8 Å². The molecule has 1 aliphatic rings. The molecular weight excluding hydrogens is 369 g/mol. The summed E-state index contributed by atoms with van der Waals surface area (Å²) in [4.78, 5) is 12.1. The van der Waals surface area contributed by atoms with Gasteiger partial charge >= 0.3 is 5.97 Å². The standard InChI is InChI=1S/C16H16FNO5S2/c1-22-16(19)13-9-11(23-14-6-3-2-5-12(14)17)10-18(13)25(20,21)15-7-4-8-24-15/h2-8,11,13H,9-10H2,1H3/t11-,13+/m0/s1. The third kappa shape index (κ3) is 3.53. The molecule has 1 aromatic heterocycles. The van der Waals surface area contributed by atoms with Gasteiger partial charge in [-0.1, -0.05) is 18.2 Å². The summed E-state index contributed by atoms with van der Waals surface area (Å²) in [6.07, 6.45) is -0.568. The van der Waals surface area contributed by atoms with Gasteiger partial charge in [0.1, 0.15) is 16.4 Å². The number of methoxy groups -OCH3 is 1. The molecule has 0 aliphatic carbocycles. The van der Waals surface area contributed by atoms with Gasteiger partial charge in [0.05, 0.1) is 13.7 Å². The zero-order valence-corrected chi connectivity index (χ0v) is 14.9. The summed E-state index contributed by atoms with van der Waals surface area (Å²) in [6, 6.07) is 7.94. The molecule has 2 heterocycles. The lowest BCUT2D eigenvalue weighted by atomic mass is 10.2. The van der Waals surface area contributed by atoms with E-state index < -0.39 is 34.0 Å². The fourth-order valence-electron chi connectivity index (χ4n) is 2.72. The second-order valence-electron chi connectivity index (χ2n) is 5.45. The lowest BCUT2D eigenvalue weighted by molar-refractivity contribution is -0.144. The van der Waals surface area contributed by atoms with Crippen molar-refractivity contribution in [3.8, 4) is 5.75 Å². The van der Waals surface area contributed by atoms with E-state index in [1.54, 1.807) is 17.5 Å². The van der Waals surface area contributed by atoms with Crippen LogP contribution >= 0.6 is 11.3 Å². The zero-order chi connectivity index (χ0) is 18.0. The summed E-state index contributed by atoms with van der Waals surface area (Å²) in [5, 5.41) is 1.64. The van der Waals surface area contributed by atoms with Crippen LogP contribution in [0.1, 0.15) is 6.42 Å². The number of esters is 1. The van der Waals surface area contributed by atoms with Crippen molar-refractivity contribution in [3.63, 3.8) is 0 Å². The Morgan fingerprint density at radius 2 is 2.04 bits per heavy atom. The molecule has 3 rings (SSSR count). The van der Waals surface area contributed by atoms with Crippen molar-refractivity contribution in [1.82, 2.24) is 4.31 Å². The molecule has 9 heteroatoms. The number of para-hydroxylation sites is 1. The highest BCUT2D eigenvalue weighted by atomic mass is 32.2. The Kier molecular flexibility index (Phi) is 5.07. The van der Waals surface area contributed by atoms with Crippen LogP contribution in [0, 0.1) is 5.82 Å². The molecule has 1 aliphatic heterocycles. The topological polar surface area (TPSA) is 72.9 Å². The van der Waals surface area contributed by atoms with Gasteiger partial charge in [-0.2, -0.15) is 4.31 Å². The number of thiophene rings is 1. The van der Waals surface area contributed by atoms with Gasteiger partial charge in [-0.3, -0.25) is 4.79 Å². The second-order valence-corrected chi connectivity index (χ2v) is 8.52. The van der Waals surface area contributed by atoms with Crippen molar-refractivity contribution >= 4 is 27.3 Å². The third-order valence-corrected chi connectivity index (χ3v) is 7.13. The van der Waals surface area contributed by atoms with E-state index in [1.807, 2.05) is 0 Å². The minimum atomic E-state index is -3.86. The molecule has 2 atom stereocenters. The molecule has 25 heavy (non-hydrogen) atoms. The van der Waals surface area contributed by atoms with E-state index in [1.165, 1.54) is 31.4 Å². The predicted octanol–water partition coefficient (Wildman–Crippen LogP) is 2.27. The number of ether oxygens (including phenoxy) is 2. The van der Waals surface area contributed by atoms with Crippen LogP contribution in [0.5, 0.6) is 5.75 Å². The molecule has 0 N–H and O–H groups in total. The van der Waals surface area contributed by atoms with Gasteiger partial charge in [-0.15, -0.1) is 11.3 Å². The van der Waals surface area contributed by atoms with E-state index in [0.29, 0.717) is 0 Å². The number of rotatable bonds is 5. The van der Waals surface area contributed by atoms with Gasteiger partial charge in [-0.05, 0) is 23.6 Å². The van der Waals surface area contributed by atoms with E-state index in [-0.39, 0.29) is 22.9 Å². The maximum absolute atomic E-state index is 13.8. The summed E-state index contributed by atoms with van der Waals surface area (Å²) in [7, 11) is -2.66. The number of halogens is 1. The quantitative estimate of drug-likeness (QED) is 0.739. The largest absolute Gasteiger partial charge is 0.486 e. The SMILES string of the molecule is COC(=O)[C@H]1C[C@H](Oc2ccccc2F)CN1S(=O)(=O)c1cccs1. The van der Waals surface area contributed by atoms with E-state index in [2.05, 4.69) is 0 Å². The molecule has 0 spiro atoms. The maximum atomic E-state index is 13.8. The van der Waals surface area contributed by atoms with Crippen LogP contribution in [-0.4, -0.2) is 44.5 Å². The van der Waals surface area contributed by atoms with Gasteiger partial charge in [0.15, 0.2) is 11.6 Å². The van der Waals surface area contributed by atoms with Crippen molar-refractivity contribution in [2.24, 2.45) is 0 Å². The second kappa shape index (κ2) is 7.11. The highest BCUT2D eigenvalue weighted by Gasteiger charge is 2.46. The van der Waals surface area contributed by atoms with Crippen LogP contribution in [-0.2, 0) is 19.6 Å². The molecule has 0 unspecified atom stereocenters. The summed E-state index contributed by atoms with van der Waals surface area (Å²) >= 11 is 1.06. The molecule has 0 saturated carbocycles.